The van der Waals surface area contributed by atoms with E-state index in [1.165, 1.54) is 23.9 Å². The van der Waals surface area contributed by atoms with E-state index in [1.807, 2.05) is 13.0 Å². The summed E-state index contributed by atoms with van der Waals surface area (Å²) in [5, 5.41) is 15.2. The van der Waals surface area contributed by atoms with E-state index in [-0.39, 0.29) is 5.56 Å². The fourth-order valence-corrected chi connectivity index (χ4v) is 3.13. The summed E-state index contributed by atoms with van der Waals surface area (Å²) in [4.78, 5) is 29.0. The van der Waals surface area contributed by atoms with Crippen molar-refractivity contribution in [3.8, 4) is 5.75 Å². The summed E-state index contributed by atoms with van der Waals surface area (Å²) < 4.78 is 6.29. The topological polar surface area (TPSA) is 96.6 Å². The number of rotatable bonds is 6. The minimum Gasteiger partial charge on any atom is -0.546 e. The van der Waals surface area contributed by atoms with Gasteiger partial charge in [-0.05, 0) is 24.6 Å². The molecule has 2 heterocycles. The largest absolute Gasteiger partial charge is 0.546 e. The first-order valence-corrected chi connectivity index (χ1v) is 8.36. The first-order valence-electron chi connectivity index (χ1n) is 7.54. The molecule has 0 spiro atoms. The maximum Gasteiger partial charge on any atom is 0.282 e. The molecule has 25 heavy (non-hydrogen) atoms. The predicted molar refractivity (Wildman–Crippen MR) is 93.2 cm³/mol. The van der Waals surface area contributed by atoms with Crippen LogP contribution in [0.15, 0.2) is 46.6 Å². The molecule has 2 aromatic heterocycles. The second-order valence-corrected chi connectivity index (χ2v) is 6.24. The molecule has 128 valence electrons. The molecule has 3 aromatic rings. The van der Waals surface area contributed by atoms with Gasteiger partial charge in [0.1, 0.15) is 23.5 Å². The van der Waals surface area contributed by atoms with Crippen molar-refractivity contribution in [2.45, 2.75) is 13.3 Å². The van der Waals surface area contributed by atoms with Gasteiger partial charge < -0.3 is 14.6 Å². The number of ether oxygens (including phenoxy) is 1. The van der Waals surface area contributed by atoms with Gasteiger partial charge in [-0.1, -0.05) is 19.1 Å². The van der Waals surface area contributed by atoms with Gasteiger partial charge in [0.25, 0.3) is 5.56 Å². The second-order valence-electron chi connectivity index (χ2n) is 5.12. The highest BCUT2D eigenvalue weighted by atomic mass is 32.1. The Morgan fingerprint density at radius 1 is 1.44 bits per heavy atom. The number of carboxylic acid groups (broad SMARTS) is 1. The molecule has 8 heteroatoms. The van der Waals surface area contributed by atoms with Crippen LogP contribution in [0.1, 0.15) is 17.4 Å². The number of para-hydroxylation sites is 1. The minimum absolute atomic E-state index is 0.259. The molecule has 0 saturated carbocycles. The van der Waals surface area contributed by atoms with Gasteiger partial charge in [-0.2, -0.15) is 9.78 Å². The summed E-state index contributed by atoms with van der Waals surface area (Å²) in [6, 6.07) is 8.60. The van der Waals surface area contributed by atoms with Gasteiger partial charge in [0.15, 0.2) is 0 Å². The summed E-state index contributed by atoms with van der Waals surface area (Å²) >= 11 is 1.49. The van der Waals surface area contributed by atoms with Crippen molar-refractivity contribution in [1.29, 1.82) is 0 Å². The molecule has 0 saturated heterocycles. The Hall–Kier alpha value is -3.00. The van der Waals surface area contributed by atoms with E-state index < -0.39 is 12.6 Å². The molecular formula is C17H14N3O4S-. The van der Waals surface area contributed by atoms with E-state index in [0.29, 0.717) is 21.5 Å². The van der Waals surface area contributed by atoms with Gasteiger partial charge in [0.05, 0.1) is 17.6 Å². The van der Waals surface area contributed by atoms with Gasteiger partial charge in [0, 0.05) is 10.4 Å². The smallest absolute Gasteiger partial charge is 0.282 e. The first kappa shape index (κ1) is 16.8. The van der Waals surface area contributed by atoms with Crippen LogP contribution in [0, 0.1) is 0 Å². The molecule has 0 N–H and O–H groups in total. The zero-order chi connectivity index (χ0) is 17.8. The van der Waals surface area contributed by atoms with Crippen LogP contribution in [0.25, 0.3) is 10.2 Å². The normalized spacial score (nSPS) is 11.2. The first-order chi connectivity index (χ1) is 12.1. The molecular weight excluding hydrogens is 342 g/mol. The molecule has 0 aliphatic rings. The number of aromatic nitrogens is 2. The molecule has 0 aliphatic heterocycles. The Bertz CT molecular complexity index is 1010. The predicted octanol–water partition coefficient (Wildman–Crippen LogP) is 1.03. The lowest BCUT2D eigenvalue weighted by Crippen LogP contribution is -2.29. The SMILES string of the molecule is CCc1cc2c(=O)n(/N=C\c3ccccc3OCC(=O)[O-])cnc2s1. The van der Waals surface area contributed by atoms with Gasteiger partial charge in [0.2, 0.25) is 0 Å². The van der Waals surface area contributed by atoms with E-state index in [1.54, 1.807) is 24.3 Å². The van der Waals surface area contributed by atoms with Crippen LogP contribution in [-0.2, 0) is 11.2 Å². The van der Waals surface area contributed by atoms with Gasteiger partial charge in [-0.25, -0.2) is 4.98 Å². The summed E-state index contributed by atoms with van der Waals surface area (Å²) in [5.41, 5.74) is 0.278. The molecule has 0 amide bonds. The maximum atomic E-state index is 12.5. The third kappa shape index (κ3) is 3.74. The molecule has 0 atom stereocenters. The van der Waals surface area contributed by atoms with Crippen molar-refractivity contribution in [2.75, 3.05) is 6.61 Å². The van der Waals surface area contributed by atoms with E-state index >= 15 is 0 Å². The molecule has 3 rings (SSSR count). The highest BCUT2D eigenvalue weighted by molar-refractivity contribution is 7.18. The number of benzene rings is 1. The van der Waals surface area contributed by atoms with Crippen molar-refractivity contribution in [3.63, 3.8) is 0 Å². The van der Waals surface area contributed by atoms with Crippen molar-refractivity contribution in [2.24, 2.45) is 5.10 Å². The fourth-order valence-electron chi connectivity index (χ4n) is 2.20. The Morgan fingerprint density at radius 2 is 2.24 bits per heavy atom. The van der Waals surface area contributed by atoms with E-state index in [2.05, 4.69) is 10.1 Å². The molecule has 1 aromatic carbocycles. The van der Waals surface area contributed by atoms with E-state index in [0.717, 1.165) is 16.0 Å². The number of aliphatic carboxylic acids is 1. The maximum absolute atomic E-state index is 12.5. The number of thiophene rings is 1. The van der Waals surface area contributed by atoms with Crippen molar-refractivity contribution in [1.82, 2.24) is 9.66 Å². The molecule has 0 bridgehead atoms. The summed E-state index contributed by atoms with van der Waals surface area (Å²) in [6.45, 7) is 1.46. The number of carbonyl (C=O) groups is 1. The quantitative estimate of drug-likeness (QED) is 0.615. The third-order valence-electron chi connectivity index (χ3n) is 3.42. The van der Waals surface area contributed by atoms with Gasteiger partial charge >= 0.3 is 0 Å². The molecule has 0 aliphatic carbocycles. The summed E-state index contributed by atoms with van der Waals surface area (Å²) in [6.07, 6.45) is 3.63. The van der Waals surface area contributed by atoms with Crippen LogP contribution in [-0.4, -0.2) is 28.5 Å². The highest BCUT2D eigenvalue weighted by Gasteiger charge is 2.08. The average molecular weight is 356 g/mol. The number of hydrogen-bond acceptors (Lipinski definition) is 7. The van der Waals surface area contributed by atoms with Crippen LogP contribution in [0.3, 0.4) is 0 Å². The monoisotopic (exact) mass is 356 g/mol. The van der Waals surface area contributed by atoms with E-state index in [9.17, 15) is 14.7 Å². The molecule has 7 nitrogen and oxygen atoms in total. The lowest BCUT2D eigenvalue weighted by molar-refractivity contribution is -0.307. The van der Waals surface area contributed by atoms with Gasteiger partial charge in [-0.15, -0.1) is 11.3 Å². The van der Waals surface area contributed by atoms with Crippen LogP contribution in [0.4, 0.5) is 0 Å². The highest BCUT2D eigenvalue weighted by Crippen LogP contribution is 2.21. The average Bonchev–Trinajstić information content (AvgIpc) is 3.04. The standard InChI is InChI=1S/C17H15N3O4S/c1-2-12-7-13-16(25-12)18-10-20(17(13)23)19-8-11-5-3-4-6-14(11)24-9-15(21)22/h3-8,10H,2,9H2,1H3,(H,21,22)/p-1/b19-8-. The number of carbonyl (C=O) groups excluding carboxylic acids is 1. The van der Waals surface area contributed by atoms with Crippen molar-refractivity contribution >= 4 is 33.7 Å². The van der Waals surface area contributed by atoms with E-state index in [4.69, 9.17) is 4.74 Å². The van der Waals surface area contributed by atoms with Crippen LogP contribution >= 0.6 is 11.3 Å². The number of fused-ring (bicyclic) bond motifs is 1. The second kappa shape index (κ2) is 7.27. The number of hydrogen-bond donors (Lipinski definition) is 0. The number of aryl methyl sites for hydroxylation is 1. The molecule has 0 unspecified atom stereocenters. The van der Waals surface area contributed by atoms with Crippen molar-refractivity contribution < 1.29 is 14.6 Å². The molecule has 0 fully saturated rings. The number of nitrogens with zero attached hydrogens (tertiary/aromatic N) is 3. The molecule has 0 radical (unpaired) electrons. The minimum atomic E-state index is -1.32. The Labute approximate surface area is 146 Å². The zero-order valence-corrected chi connectivity index (χ0v) is 14.2. The van der Waals surface area contributed by atoms with Crippen molar-refractivity contribution in [3.05, 3.63) is 57.5 Å². The lowest BCUT2D eigenvalue weighted by Gasteiger charge is -2.09. The van der Waals surface area contributed by atoms with Crippen LogP contribution in [0.2, 0.25) is 0 Å². The Balaban J connectivity index is 1.92. The fraction of sp³-hybridized carbons (Fsp3) is 0.176. The Kier molecular flexibility index (Phi) is 4.90. The summed E-state index contributed by atoms with van der Waals surface area (Å²) in [7, 11) is 0. The van der Waals surface area contributed by atoms with Crippen LogP contribution < -0.4 is 15.4 Å². The van der Waals surface area contributed by atoms with Gasteiger partial charge in [-0.3, -0.25) is 4.79 Å². The lowest BCUT2D eigenvalue weighted by atomic mass is 10.2. The third-order valence-corrected chi connectivity index (χ3v) is 4.61. The Morgan fingerprint density at radius 3 is 3.00 bits per heavy atom. The summed E-state index contributed by atoms with van der Waals surface area (Å²) in [5.74, 6) is -0.983. The number of carboxylic acids is 1. The van der Waals surface area contributed by atoms with Crippen LogP contribution in [0.5, 0.6) is 5.75 Å². The zero-order valence-electron chi connectivity index (χ0n) is 13.3.